The number of hydrogen-bond donors (Lipinski definition) is 0. The second kappa shape index (κ2) is 6.17. The van der Waals surface area contributed by atoms with Crippen molar-refractivity contribution in [3.63, 3.8) is 0 Å². The molecule has 1 saturated carbocycles. The maximum atomic E-state index is 12.4. The Hall–Kier alpha value is -2.81. The molecule has 130 valence electrons. The molecule has 0 bridgehead atoms. The van der Waals surface area contributed by atoms with E-state index < -0.39 is 0 Å². The summed E-state index contributed by atoms with van der Waals surface area (Å²) < 4.78 is 11.2. The van der Waals surface area contributed by atoms with Crippen molar-refractivity contribution < 1.29 is 13.9 Å². The van der Waals surface area contributed by atoms with Gasteiger partial charge in [0, 0.05) is 17.9 Å². The van der Waals surface area contributed by atoms with Gasteiger partial charge in [0.2, 0.25) is 0 Å². The largest absolute Gasteiger partial charge is 0.469 e. The van der Waals surface area contributed by atoms with E-state index in [4.69, 9.17) is 9.15 Å². The third-order valence-corrected chi connectivity index (χ3v) is 5.62. The quantitative estimate of drug-likeness (QED) is 0.640. The minimum atomic E-state index is -0.0692. The van der Waals surface area contributed by atoms with Crippen LogP contribution >= 0.6 is 0 Å². The highest BCUT2D eigenvalue weighted by atomic mass is 16.5. The monoisotopic (exact) mass is 344 g/mol. The number of ether oxygens (including phenoxy) is 1. The van der Waals surface area contributed by atoms with Crippen molar-refractivity contribution in [1.29, 1.82) is 0 Å². The summed E-state index contributed by atoms with van der Waals surface area (Å²) in [6, 6.07) is 20.6. The molecular weight excluding hydrogens is 324 g/mol. The van der Waals surface area contributed by atoms with Crippen LogP contribution in [0.5, 0.6) is 0 Å². The van der Waals surface area contributed by atoms with Gasteiger partial charge in [0.15, 0.2) is 0 Å². The molecule has 0 radical (unpaired) electrons. The number of benzene rings is 2. The fourth-order valence-corrected chi connectivity index (χ4v) is 4.31. The van der Waals surface area contributed by atoms with Crippen LogP contribution in [-0.2, 0) is 29.0 Å². The first kappa shape index (κ1) is 15.4. The van der Waals surface area contributed by atoms with E-state index in [0.29, 0.717) is 11.8 Å². The molecule has 3 nitrogen and oxygen atoms in total. The molecule has 1 heterocycles. The molecule has 26 heavy (non-hydrogen) atoms. The van der Waals surface area contributed by atoms with Crippen LogP contribution in [0, 0.1) is 11.8 Å². The molecule has 2 aliphatic rings. The molecule has 2 aliphatic carbocycles. The van der Waals surface area contributed by atoms with Gasteiger partial charge in [-0.3, -0.25) is 4.79 Å². The summed E-state index contributed by atoms with van der Waals surface area (Å²) in [5, 5.41) is 0. The van der Waals surface area contributed by atoms with E-state index in [-0.39, 0.29) is 18.5 Å². The highest BCUT2D eigenvalue weighted by Gasteiger charge is 2.60. The zero-order valence-corrected chi connectivity index (χ0v) is 14.4. The zero-order valence-electron chi connectivity index (χ0n) is 14.4. The van der Waals surface area contributed by atoms with Crippen LogP contribution in [0.1, 0.15) is 33.9 Å². The van der Waals surface area contributed by atoms with Crippen LogP contribution in [-0.4, -0.2) is 5.97 Å². The molecule has 2 aromatic carbocycles. The lowest BCUT2D eigenvalue weighted by molar-refractivity contribution is -0.147. The van der Waals surface area contributed by atoms with Crippen molar-refractivity contribution in [1.82, 2.24) is 0 Å². The normalized spacial score (nSPS) is 22.5. The molecule has 3 heteroatoms. The van der Waals surface area contributed by atoms with Crippen LogP contribution < -0.4 is 0 Å². The smallest absolute Gasteiger partial charge is 0.310 e. The molecule has 0 saturated heterocycles. The lowest BCUT2D eigenvalue weighted by Gasteiger charge is -2.07. The summed E-state index contributed by atoms with van der Waals surface area (Å²) >= 11 is 0. The van der Waals surface area contributed by atoms with Crippen molar-refractivity contribution in [2.24, 2.45) is 11.8 Å². The first-order chi connectivity index (χ1) is 12.8. The summed E-state index contributed by atoms with van der Waals surface area (Å²) in [5.74, 6) is 1.68. The van der Waals surface area contributed by atoms with Crippen LogP contribution in [0.4, 0.5) is 0 Å². The summed E-state index contributed by atoms with van der Waals surface area (Å²) in [7, 11) is 0. The summed E-state index contributed by atoms with van der Waals surface area (Å²) in [6.07, 6.45) is 3.44. The Kier molecular flexibility index (Phi) is 3.66. The fraction of sp³-hybridized carbons (Fsp3) is 0.261. The first-order valence-electron chi connectivity index (χ1n) is 9.14. The number of fused-ring (bicyclic) bond motifs is 3. The highest BCUT2D eigenvalue weighted by molar-refractivity contribution is 5.79. The van der Waals surface area contributed by atoms with Gasteiger partial charge in [0.05, 0.1) is 12.2 Å². The van der Waals surface area contributed by atoms with Crippen LogP contribution in [0.25, 0.3) is 0 Å². The van der Waals surface area contributed by atoms with Gasteiger partial charge >= 0.3 is 5.97 Å². The maximum absolute atomic E-state index is 12.4. The SMILES string of the molecule is O=C(OCc1coc(Cc2ccccc2)c1)[C@H]1[C@H]2Cc3ccccc3[C@H]21. The predicted molar refractivity (Wildman–Crippen MR) is 97.6 cm³/mol. The number of furan rings is 1. The molecule has 0 N–H and O–H groups in total. The fourth-order valence-electron chi connectivity index (χ4n) is 4.31. The highest BCUT2D eigenvalue weighted by Crippen LogP contribution is 2.61. The van der Waals surface area contributed by atoms with Crippen molar-refractivity contribution >= 4 is 5.97 Å². The topological polar surface area (TPSA) is 39.4 Å². The van der Waals surface area contributed by atoms with E-state index >= 15 is 0 Å². The van der Waals surface area contributed by atoms with Crippen molar-refractivity contribution in [3.05, 3.63) is 94.9 Å². The molecule has 0 spiro atoms. The molecular formula is C23H20O3. The van der Waals surface area contributed by atoms with Crippen LogP contribution in [0.15, 0.2) is 71.3 Å². The van der Waals surface area contributed by atoms with Crippen molar-refractivity contribution in [2.75, 3.05) is 0 Å². The summed E-state index contributed by atoms with van der Waals surface area (Å²) in [6.45, 7) is 0.286. The molecule has 0 unspecified atom stereocenters. The third-order valence-electron chi connectivity index (χ3n) is 5.62. The van der Waals surface area contributed by atoms with E-state index in [0.717, 1.165) is 24.2 Å². The average molecular weight is 344 g/mol. The van der Waals surface area contributed by atoms with Gasteiger partial charge in [0.25, 0.3) is 0 Å². The first-order valence-corrected chi connectivity index (χ1v) is 9.14. The molecule has 3 atom stereocenters. The third kappa shape index (κ3) is 2.74. The Bertz CT molecular complexity index is 941. The Morgan fingerprint density at radius 2 is 1.85 bits per heavy atom. The van der Waals surface area contributed by atoms with E-state index in [1.165, 1.54) is 16.7 Å². The Labute approximate surface area is 152 Å². The van der Waals surface area contributed by atoms with E-state index in [9.17, 15) is 4.79 Å². The Morgan fingerprint density at radius 3 is 2.73 bits per heavy atom. The van der Waals surface area contributed by atoms with Gasteiger partial charge in [0.1, 0.15) is 12.4 Å². The zero-order chi connectivity index (χ0) is 17.5. The van der Waals surface area contributed by atoms with E-state index in [1.54, 1.807) is 6.26 Å². The Morgan fingerprint density at radius 1 is 1.04 bits per heavy atom. The standard InChI is InChI=1S/C23H20O3/c24-23(22-20-12-17-8-4-5-9-19(17)21(20)22)26-14-16-11-18(25-13-16)10-15-6-2-1-3-7-15/h1-9,11,13,20-22H,10,12,14H2/t20-,21+,22-/m0/s1. The van der Waals surface area contributed by atoms with Crippen molar-refractivity contribution in [2.45, 2.75) is 25.4 Å². The lowest BCUT2D eigenvalue weighted by atomic mass is 10.0. The van der Waals surface area contributed by atoms with Gasteiger partial charge in [-0.2, -0.15) is 0 Å². The number of rotatable bonds is 5. The van der Waals surface area contributed by atoms with Gasteiger partial charge in [-0.15, -0.1) is 0 Å². The van der Waals surface area contributed by atoms with Gasteiger partial charge in [-0.1, -0.05) is 54.6 Å². The average Bonchev–Trinajstić information content (AvgIpc) is 3.00. The Balaban J connectivity index is 1.17. The number of hydrogen-bond acceptors (Lipinski definition) is 3. The second-order valence-electron chi connectivity index (χ2n) is 7.31. The summed E-state index contributed by atoms with van der Waals surface area (Å²) in [4.78, 5) is 12.4. The van der Waals surface area contributed by atoms with E-state index in [2.05, 4.69) is 36.4 Å². The van der Waals surface area contributed by atoms with Crippen molar-refractivity contribution in [3.8, 4) is 0 Å². The molecule has 3 aromatic rings. The minimum absolute atomic E-state index is 0.0422. The van der Waals surface area contributed by atoms with Crippen LogP contribution in [0.2, 0.25) is 0 Å². The number of carbonyl (C=O) groups excluding carboxylic acids is 1. The molecule has 0 amide bonds. The van der Waals surface area contributed by atoms with Gasteiger partial charge in [-0.05, 0) is 35.1 Å². The minimum Gasteiger partial charge on any atom is -0.469 e. The molecule has 1 aromatic heterocycles. The number of carbonyl (C=O) groups is 1. The second-order valence-corrected chi connectivity index (χ2v) is 7.31. The van der Waals surface area contributed by atoms with Gasteiger partial charge < -0.3 is 9.15 Å². The molecule has 5 rings (SSSR count). The lowest BCUT2D eigenvalue weighted by Crippen LogP contribution is -2.11. The van der Waals surface area contributed by atoms with E-state index in [1.807, 2.05) is 24.3 Å². The molecule has 1 fully saturated rings. The van der Waals surface area contributed by atoms with Gasteiger partial charge in [-0.25, -0.2) is 0 Å². The number of esters is 1. The maximum Gasteiger partial charge on any atom is 0.310 e. The van der Waals surface area contributed by atoms with Crippen LogP contribution in [0.3, 0.4) is 0 Å². The molecule has 0 aliphatic heterocycles. The summed E-state index contributed by atoms with van der Waals surface area (Å²) in [5.41, 5.74) is 4.85. The predicted octanol–water partition coefficient (Wildman–Crippen LogP) is 4.50.